The summed E-state index contributed by atoms with van der Waals surface area (Å²) in [6, 6.07) is 23.6. The summed E-state index contributed by atoms with van der Waals surface area (Å²) < 4.78 is 23.3. The van der Waals surface area contributed by atoms with Crippen molar-refractivity contribution in [2.45, 2.75) is 22.1 Å². The van der Waals surface area contributed by atoms with Crippen LogP contribution in [0.3, 0.4) is 0 Å². The molecule has 0 bridgehead atoms. The van der Waals surface area contributed by atoms with Crippen molar-refractivity contribution in [2.24, 2.45) is 0 Å². The highest BCUT2D eigenvalue weighted by atomic mass is 32.2. The molecule has 5 nitrogen and oxygen atoms in total. The molecule has 1 unspecified atom stereocenters. The fraction of sp³-hybridized carbons (Fsp3) is 0.192. The van der Waals surface area contributed by atoms with Gasteiger partial charge in [-0.25, -0.2) is 0 Å². The molecule has 0 aliphatic carbocycles. The molecule has 0 N–H and O–H groups in total. The Morgan fingerprint density at radius 1 is 0.938 bits per heavy atom. The van der Waals surface area contributed by atoms with Gasteiger partial charge in [0, 0.05) is 10.6 Å². The van der Waals surface area contributed by atoms with Gasteiger partial charge < -0.3 is 14.4 Å². The van der Waals surface area contributed by atoms with Crippen LogP contribution in [0.1, 0.15) is 18.0 Å². The van der Waals surface area contributed by atoms with E-state index in [9.17, 15) is 9.00 Å². The minimum Gasteiger partial charge on any atom is -0.497 e. The van der Waals surface area contributed by atoms with E-state index in [0.717, 1.165) is 11.3 Å². The highest BCUT2D eigenvalue weighted by Crippen LogP contribution is 2.53. The Hall–Kier alpha value is -3.38. The second kappa shape index (κ2) is 9.01. The molecule has 3 atom stereocenters. The quantitative estimate of drug-likeness (QED) is 0.364. The molecule has 1 aliphatic rings. The number of carbonyl (C=O) groups is 1. The summed E-state index contributed by atoms with van der Waals surface area (Å²) >= 11 is 0. The van der Waals surface area contributed by atoms with Crippen LogP contribution >= 0.6 is 0 Å². The molecule has 1 aliphatic heterocycles. The first-order valence-corrected chi connectivity index (χ1v) is 11.4. The minimum atomic E-state index is -1.59. The number of allylic oxidation sites excluding steroid dienone is 1. The maximum Gasteiger partial charge on any atom is 0.249 e. The van der Waals surface area contributed by atoms with Gasteiger partial charge in [0.05, 0.1) is 31.1 Å². The summed E-state index contributed by atoms with van der Waals surface area (Å²) in [6.45, 7) is 3.87. The lowest BCUT2D eigenvalue weighted by Crippen LogP contribution is -2.70. The van der Waals surface area contributed by atoms with Gasteiger partial charge in [-0.1, -0.05) is 36.4 Å². The van der Waals surface area contributed by atoms with E-state index in [1.807, 2.05) is 66.7 Å². The lowest BCUT2D eigenvalue weighted by Gasteiger charge is -2.55. The van der Waals surface area contributed by atoms with Gasteiger partial charge in [-0.15, -0.1) is 6.58 Å². The van der Waals surface area contributed by atoms with Crippen molar-refractivity contribution in [2.75, 3.05) is 19.1 Å². The number of amides is 1. The third-order valence-electron chi connectivity index (χ3n) is 5.80. The first kappa shape index (κ1) is 21.8. The lowest BCUT2D eigenvalue weighted by atomic mass is 9.78. The SMILES string of the molecule is C=CC[C@@]1(S(=O)c2ccccc2)C(=O)N(c2ccc(OC)cc2)[C@@H]1c1ccc(OC)cc1. The van der Waals surface area contributed by atoms with E-state index in [0.29, 0.717) is 16.4 Å². The highest BCUT2D eigenvalue weighted by Gasteiger charge is 2.65. The molecule has 3 aromatic rings. The molecule has 1 amide bonds. The van der Waals surface area contributed by atoms with Crippen LogP contribution in [0.25, 0.3) is 0 Å². The first-order valence-electron chi connectivity index (χ1n) is 10.3. The normalized spacial score (nSPS) is 20.9. The average molecular weight is 448 g/mol. The van der Waals surface area contributed by atoms with Crippen LogP contribution in [0, 0.1) is 0 Å². The fourth-order valence-electron chi connectivity index (χ4n) is 4.22. The molecule has 0 saturated carbocycles. The van der Waals surface area contributed by atoms with Crippen molar-refractivity contribution < 1.29 is 18.5 Å². The van der Waals surface area contributed by atoms with Gasteiger partial charge in [0.2, 0.25) is 5.91 Å². The van der Waals surface area contributed by atoms with E-state index >= 15 is 0 Å². The maximum atomic E-state index is 13.9. The molecule has 1 fully saturated rings. The molecule has 164 valence electrons. The topological polar surface area (TPSA) is 55.8 Å². The number of hydrogen-bond donors (Lipinski definition) is 0. The van der Waals surface area contributed by atoms with Gasteiger partial charge in [-0.05, 0) is 60.5 Å². The Morgan fingerprint density at radius 2 is 1.50 bits per heavy atom. The Balaban J connectivity index is 1.85. The molecular weight excluding hydrogens is 422 g/mol. The van der Waals surface area contributed by atoms with Crippen molar-refractivity contribution in [3.05, 3.63) is 97.1 Å². The molecule has 0 spiro atoms. The number of anilines is 1. The van der Waals surface area contributed by atoms with Crippen LogP contribution in [-0.4, -0.2) is 29.1 Å². The van der Waals surface area contributed by atoms with E-state index < -0.39 is 21.6 Å². The van der Waals surface area contributed by atoms with Gasteiger partial charge in [-0.2, -0.15) is 0 Å². The van der Waals surface area contributed by atoms with Crippen molar-refractivity contribution in [1.29, 1.82) is 0 Å². The Labute approximate surface area is 190 Å². The van der Waals surface area contributed by atoms with E-state index in [1.54, 1.807) is 37.3 Å². The van der Waals surface area contributed by atoms with Crippen LogP contribution in [0.4, 0.5) is 5.69 Å². The second-order valence-electron chi connectivity index (χ2n) is 7.51. The van der Waals surface area contributed by atoms with Crippen LogP contribution in [-0.2, 0) is 15.6 Å². The molecule has 1 heterocycles. The molecular formula is C26H25NO4S. The molecule has 32 heavy (non-hydrogen) atoms. The number of hydrogen-bond acceptors (Lipinski definition) is 4. The zero-order chi connectivity index (χ0) is 22.7. The monoisotopic (exact) mass is 447 g/mol. The number of carbonyl (C=O) groups excluding carboxylic acids is 1. The van der Waals surface area contributed by atoms with Gasteiger partial charge in [0.1, 0.15) is 11.5 Å². The van der Waals surface area contributed by atoms with Gasteiger partial charge in [-0.3, -0.25) is 9.00 Å². The molecule has 3 aromatic carbocycles. The number of ether oxygens (including phenoxy) is 2. The largest absolute Gasteiger partial charge is 0.497 e. The molecule has 0 radical (unpaired) electrons. The fourth-order valence-corrected chi connectivity index (χ4v) is 6.01. The Kier molecular flexibility index (Phi) is 6.15. The zero-order valence-corrected chi connectivity index (χ0v) is 18.9. The van der Waals surface area contributed by atoms with E-state index in [4.69, 9.17) is 9.47 Å². The summed E-state index contributed by atoms with van der Waals surface area (Å²) in [5, 5.41) is 0. The maximum absolute atomic E-state index is 13.9. The molecule has 6 heteroatoms. The van der Waals surface area contributed by atoms with E-state index in [-0.39, 0.29) is 12.3 Å². The summed E-state index contributed by atoms with van der Waals surface area (Å²) in [5.74, 6) is 1.23. The first-order chi connectivity index (χ1) is 15.6. The zero-order valence-electron chi connectivity index (χ0n) is 18.1. The summed E-state index contributed by atoms with van der Waals surface area (Å²) in [4.78, 5) is 16.1. The van der Waals surface area contributed by atoms with Crippen LogP contribution in [0.15, 0.2) is 96.4 Å². The molecule has 0 aromatic heterocycles. The number of nitrogens with zero attached hydrogens (tertiary/aromatic N) is 1. The van der Waals surface area contributed by atoms with Gasteiger partial charge in [0.25, 0.3) is 0 Å². The standard InChI is InChI=1S/C26H25NO4S/c1-4-18-26(32(29)23-8-6-5-7-9-23)24(19-10-14-21(30-2)15-11-19)27(25(26)28)20-12-16-22(31-3)17-13-20/h4-17,24H,1,18H2,2-3H3/t24-,26+,32?/m1/s1. The average Bonchev–Trinajstić information content (AvgIpc) is 2.86. The van der Waals surface area contributed by atoms with Crippen molar-refractivity contribution >= 4 is 22.4 Å². The lowest BCUT2D eigenvalue weighted by molar-refractivity contribution is -0.128. The predicted molar refractivity (Wildman–Crippen MR) is 127 cm³/mol. The van der Waals surface area contributed by atoms with E-state index in [1.165, 1.54) is 0 Å². The van der Waals surface area contributed by atoms with Gasteiger partial charge in [0.15, 0.2) is 4.75 Å². The van der Waals surface area contributed by atoms with Crippen LogP contribution in [0.2, 0.25) is 0 Å². The Bertz CT molecular complexity index is 1130. The number of methoxy groups -OCH3 is 2. The number of β-lactam (4-membered cyclic amide) rings is 1. The number of rotatable bonds is 8. The highest BCUT2D eigenvalue weighted by molar-refractivity contribution is 7.87. The minimum absolute atomic E-state index is 0.189. The summed E-state index contributed by atoms with van der Waals surface area (Å²) in [5.41, 5.74) is 1.61. The van der Waals surface area contributed by atoms with Crippen molar-refractivity contribution in [3.63, 3.8) is 0 Å². The van der Waals surface area contributed by atoms with Crippen molar-refractivity contribution in [3.8, 4) is 11.5 Å². The molecule has 4 rings (SSSR count). The summed E-state index contributed by atoms with van der Waals surface area (Å²) in [6.07, 6.45) is 1.97. The Morgan fingerprint density at radius 3 is 2.03 bits per heavy atom. The van der Waals surface area contributed by atoms with Crippen molar-refractivity contribution in [1.82, 2.24) is 0 Å². The van der Waals surface area contributed by atoms with Gasteiger partial charge >= 0.3 is 0 Å². The van der Waals surface area contributed by atoms with Crippen LogP contribution in [0.5, 0.6) is 11.5 Å². The predicted octanol–water partition coefficient (Wildman–Crippen LogP) is 4.91. The second-order valence-corrected chi connectivity index (χ2v) is 9.25. The smallest absolute Gasteiger partial charge is 0.249 e. The van der Waals surface area contributed by atoms with E-state index in [2.05, 4.69) is 6.58 Å². The van der Waals surface area contributed by atoms with Crippen LogP contribution < -0.4 is 14.4 Å². The molecule has 1 saturated heterocycles. The third kappa shape index (κ3) is 3.50. The summed E-state index contributed by atoms with van der Waals surface area (Å²) in [7, 11) is 1.62. The third-order valence-corrected chi connectivity index (χ3v) is 7.73. The number of benzene rings is 3.